The Bertz CT molecular complexity index is 774. The Kier molecular flexibility index (Phi) is 5.58. The van der Waals surface area contributed by atoms with Crippen LogP contribution < -0.4 is 10.1 Å². The fourth-order valence-corrected chi connectivity index (χ4v) is 2.78. The third-order valence-corrected chi connectivity index (χ3v) is 4.20. The van der Waals surface area contributed by atoms with E-state index >= 15 is 0 Å². The largest absolute Gasteiger partial charge is 0.491 e. The van der Waals surface area contributed by atoms with E-state index < -0.39 is 5.97 Å². The van der Waals surface area contributed by atoms with Gasteiger partial charge in [0.1, 0.15) is 29.4 Å². The second-order valence-corrected chi connectivity index (χ2v) is 6.14. The fraction of sp³-hybridized carbons (Fsp3) is 0.368. The number of hydrogen-bond acceptors (Lipinski definition) is 5. The summed E-state index contributed by atoms with van der Waals surface area (Å²) in [6.45, 7) is 2.99. The molecule has 2 heterocycles. The maximum absolute atomic E-state index is 12.2. The highest BCUT2D eigenvalue weighted by Crippen LogP contribution is 2.17. The van der Waals surface area contributed by atoms with E-state index in [9.17, 15) is 9.59 Å². The van der Waals surface area contributed by atoms with Gasteiger partial charge in [-0.05, 0) is 50.1 Å². The van der Waals surface area contributed by atoms with Crippen LogP contribution in [-0.4, -0.2) is 36.3 Å². The molecule has 0 aliphatic carbocycles. The molecule has 0 radical (unpaired) electrons. The minimum Gasteiger partial charge on any atom is -0.491 e. The highest BCUT2D eigenvalue weighted by molar-refractivity contribution is 5.94. The Hall–Kier alpha value is -2.80. The molecule has 1 aromatic heterocycles. The molecule has 0 saturated carbocycles. The van der Waals surface area contributed by atoms with Crippen molar-refractivity contribution in [1.82, 2.24) is 5.32 Å². The number of nitrogens with one attached hydrogen (secondary N) is 1. The van der Waals surface area contributed by atoms with Crippen LogP contribution in [0.15, 0.2) is 34.7 Å². The first-order valence-electron chi connectivity index (χ1n) is 8.48. The van der Waals surface area contributed by atoms with E-state index in [4.69, 9.17) is 19.0 Å². The Morgan fingerprint density at radius 2 is 2.08 bits per heavy atom. The van der Waals surface area contributed by atoms with Crippen molar-refractivity contribution >= 4 is 11.9 Å². The molecule has 1 aliphatic heterocycles. The van der Waals surface area contributed by atoms with Crippen molar-refractivity contribution in [2.45, 2.75) is 32.4 Å². The van der Waals surface area contributed by atoms with E-state index in [-0.39, 0.29) is 24.1 Å². The number of hydrogen-bond donors (Lipinski definition) is 2. The van der Waals surface area contributed by atoms with Crippen molar-refractivity contribution in [3.8, 4) is 5.75 Å². The van der Waals surface area contributed by atoms with Crippen LogP contribution in [0.5, 0.6) is 5.75 Å². The van der Waals surface area contributed by atoms with Gasteiger partial charge in [0, 0.05) is 12.2 Å². The molecule has 2 N–H and O–H groups in total. The lowest BCUT2D eigenvalue weighted by atomic mass is 10.2. The molecule has 3 rings (SSSR count). The number of rotatable bonds is 7. The third kappa shape index (κ3) is 4.43. The molecule has 1 unspecified atom stereocenters. The zero-order valence-corrected chi connectivity index (χ0v) is 14.5. The zero-order valence-electron chi connectivity index (χ0n) is 14.5. The minimum atomic E-state index is -1.05. The van der Waals surface area contributed by atoms with Crippen LogP contribution in [0.3, 0.4) is 0 Å². The van der Waals surface area contributed by atoms with Crippen LogP contribution in [0.1, 0.15) is 45.1 Å². The number of furan rings is 1. The monoisotopic (exact) mass is 359 g/mol. The van der Waals surface area contributed by atoms with Gasteiger partial charge in [-0.1, -0.05) is 0 Å². The van der Waals surface area contributed by atoms with Gasteiger partial charge >= 0.3 is 5.97 Å². The number of carbonyl (C=O) groups excluding carboxylic acids is 1. The zero-order chi connectivity index (χ0) is 18.5. The first-order chi connectivity index (χ1) is 12.5. The van der Waals surface area contributed by atoms with E-state index in [0.717, 1.165) is 19.4 Å². The molecule has 138 valence electrons. The Balaban J connectivity index is 1.51. The Morgan fingerprint density at radius 3 is 2.69 bits per heavy atom. The lowest BCUT2D eigenvalue weighted by Crippen LogP contribution is -2.22. The lowest BCUT2D eigenvalue weighted by Gasteiger charge is -2.11. The highest BCUT2D eigenvalue weighted by atomic mass is 16.5. The maximum atomic E-state index is 12.2. The number of carboxylic acids is 1. The van der Waals surface area contributed by atoms with Gasteiger partial charge in [-0.3, -0.25) is 4.79 Å². The Labute approximate surface area is 150 Å². The van der Waals surface area contributed by atoms with Gasteiger partial charge in [0.05, 0.1) is 12.6 Å². The van der Waals surface area contributed by atoms with Crippen molar-refractivity contribution < 1.29 is 28.6 Å². The molecular weight excluding hydrogens is 338 g/mol. The molecule has 0 spiro atoms. The lowest BCUT2D eigenvalue weighted by molar-refractivity contribution is 0.0679. The summed E-state index contributed by atoms with van der Waals surface area (Å²) >= 11 is 0. The van der Waals surface area contributed by atoms with Gasteiger partial charge in [-0.15, -0.1) is 0 Å². The number of ether oxygens (including phenoxy) is 2. The van der Waals surface area contributed by atoms with Crippen LogP contribution in [0.2, 0.25) is 0 Å². The van der Waals surface area contributed by atoms with Crippen molar-refractivity contribution in [3.05, 3.63) is 53.0 Å². The highest BCUT2D eigenvalue weighted by Gasteiger charge is 2.16. The summed E-state index contributed by atoms with van der Waals surface area (Å²) in [6, 6.07) is 8.25. The normalized spacial score (nSPS) is 16.4. The number of aryl methyl sites for hydroxylation is 1. The van der Waals surface area contributed by atoms with E-state index in [0.29, 0.717) is 29.4 Å². The van der Waals surface area contributed by atoms with Crippen molar-refractivity contribution in [2.75, 3.05) is 13.2 Å². The first-order valence-corrected chi connectivity index (χ1v) is 8.48. The van der Waals surface area contributed by atoms with Crippen LogP contribution in [-0.2, 0) is 11.3 Å². The molecule has 1 aromatic carbocycles. The molecule has 1 atom stereocenters. The molecule has 1 aliphatic rings. The van der Waals surface area contributed by atoms with Gasteiger partial charge in [0.15, 0.2) is 0 Å². The summed E-state index contributed by atoms with van der Waals surface area (Å²) in [7, 11) is 0. The number of aromatic carboxylic acids is 1. The van der Waals surface area contributed by atoms with E-state index in [1.807, 2.05) is 0 Å². The third-order valence-electron chi connectivity index (χ3n) is 4.20. The predicted molar refractivity (Wildman–Crippen MR) is 92.5 cm³/mol. The van der Waals surface area contributed by atoms with Crippen molar-refractivity contribution in [2.24, 2.45) is 0 Å². The second-order valence-electron chi connectivity index (χ2n) is 6.14. The average Bonchev–Trinajstić information content (AvgIpc) is 3.27. The van der Waals surface area contributed by atoms with Crippen LogP contribution in [0.4, 0.5) is 0 Å². The number of carbonyl (C=O) groups is 2. The molecule has 26 heavy (non-hydrogen) atoms. The topological polar surface area (TPSA) is 98.0 Å². The molecule has 0 bridgehead atoms. The van der Waals surface area contributed by atoms with E-state index in [2.05, 4.69) is 5.32 Å². The fourth-order valence-electron chi connectivity index (χ4n) is 2.78. The van der Waals surface area contributed by atoms with Crippen LogP contribution in [0, 0.1) is 6.92 Å². The maximum Gasteiger partial charge on any atom is 0.339 e. The van der Waals surface area contributed by atoms with E-state index in [1.54, 1.807) is 31.2 Å². The molecule has 1 saturated heterocycles. The smallest absolute Gasteiger partial charge is 0.339 e. The molecule has 7 nitrogen and oxygen atoms in total. The van der Waals surface area contributed by atoms with E-state index in [1.165, 1.54) is 6.07 Å². The molecule has 2 aromatic rings. The molecule has 1 fully saturated rings. The minimum absolute atomic E-state index is 0.0991. The summed E-state index contributed by atoms with van der Waals surface area (Å²) in [5, 5.41) is 11.7. The first kappa shape index (κ1) is 18.0. The van der Waals surface area contributed by atoms with Crippen LogP contribution >= 0.6 is 0 Å². The van der Waals surface area contributed by atoms with Gasteiger partial charge in [-0.2, -0.15) is 0 Å². The molecule has 7 heteroatoms. The standard InChI is InChI=1S/C19H21NO6/c1-12-17(19(22)23)9-16(26-12)10-20-18(21)13-4-6-14(7-5-13)25-11-15-3-2-8-24-15/h4-7,9,15H,2-3,8,10-11H2,1H3,(H,20,21)(H,22,23). The average molecular weight is 359 g/mol. The van der Waals surface area contributed by atoms with Gasteiger partial charge in [0.25, 0.3) is 5.91 Å². The SMILES string of the molecule is Cc1oc(CNC(=O)c2ccc(OCC3CCCO3)cc2)cc1C(=O)O. The van der Waals surface area contributed by atoms with Crippen molar-refractivity contribution in [3.63, 3.8) is 0 Å². The van der Waals surface area contributed by atoms with Gasteiger partial charge in [0.2, 0.25) is 0 Å². The number of amides is 1. The predicted octanol–water partition coefficient (Wildman–Crippen LogP) is 2.77. The summed E-state index contributed by atoms with van der Waals surface area (Å²) in [5.74, 6) is 0.0630. The summed E-state index contributed by atoms with van der Waals surface area (Å²) < 4.78 is 16.5. The summed E-state index contributed by atoms with van der Waals surface area (Å²) in [4.78, 5) is 23.2. The second kappa shape index (κ2) is 8.05. The number of benzene rings is 1. The molecule has 1 amide bonds. The van der Waals surface area contributed by atoms with Crippen molar-refractivity contribution in [1.29, 1.82) is 0 Å². The van der Waals surface area contributed by atoms with Gasteiger partial charge < -0.3 is 24.3 Å². The Morgan fingerprint density at radius 1 is 1.31 bits per heavy atom. The number of carboxylic acid groups (broad SMARTS) is 1. The quantitative estimate of drug-likeness (QED) is 0.789. The summed E-state index contributed by atoms with van der Waals surface area (Å²) in [5.41, 5.74) is 0.582. The van der Waals surface area contributed by atoms with Crippen LogP contribution in [0.25, 0.3) is 0 Å². The summed E-state index contributed by atoms with van der Waals surface area (Å²) in [6.07, 6.45) is 2.22. The molecular formula is C19H21NO6. The van der Waals surface area contributed by atoms with Gasteiger partial charge in [-0.25, -0.2) is 4.79 Å².